The first-order valence-electron chi connectivity index (χ1n) is 10.1. The van der Waals surface area contributed by atoms with Crippen LogP contribution in [0.2, 0.25) is 0 Å². The number of hydrogen-bond acceptors (Lipinski definition) is 5. The van der Waals surface area contributed by atoms with Crippen molar-refractivity contribution >= 4 is 29.2 Å². The molecule has 0 saturated heterocycles. The van der Waals surface area contributed by atoms with Crippen LogP contribution in [0.5, 0.6) is 11.5 Å². The van der Waals surface area contributed by atoms with Gasteiger partial charge in [0.05, 0.1) is 24.5 Å². The van der Waals surface area contributed by atoms with Gasteiger partial charge in [0.25, 0.3) is 5.91 Å². The summed E-state index contributed by atoms with van der Waals surface area (Å²) in [5.74, 6) is -0.463. The van der Waals surface area contributed by atoms with E-state index >= 15 is 0 Å². The Morgan fingerprint density at radius 2 is 1.62 bits per heavy atom. The number of phenolic OH excluding ortho intramolecular Hbond substituents is 1. The molecule has 0 heterocycles. The number of amides is 1. The maximum atomic E-state index is 13.2. The predicted molar refractivity (Wildman–Crippen MR) is 125 cm³/mol. The minimum atomic E-state index is -0.576. The lowest BCUT2D eigenvalue weighted by atomic mass is 10.0. The van der Waals surface area contributed by atoms with Crippen molar-refractivity contribution in [2.24, 2.45) is 0 Å². The highest BCUT2D eigenvalue weighted by Gasteiger charge is 2.16. The molecule has 0 atom stereocenters. The molecule has 3 aromatic rings. The predicted octanol–water partition coefficient (Wildman–Crippen LogP) is 5.15. The largest absolute Gasteiger partial charge is 0.506 e. The number of rotatable bonds is 7. The number of carbonyl (C=O) groups is 2. The molecule has 0 aliphatic heterocycles. The molecule has 0 aromatic heterocycles. The Morgan fingerprint density at radius 1 is 0.938 bits per heavy atom. The summed E-state index contributed by atoms with van der Waals surface area (Å²) in [5, 5.41) is 13.0. The van der Waals surface area contributed by atoms with Crippen LogP contribution in [0, 0.1) is 0 Å². The van der Waals surface area contributed by atoms with Gasteiger partial charge in [-0.25, -0.2) is 4.79 Å². The van der Waals surface area contributed by atoms with Crippen molar-refractivity contribution in [2.75, 3.05) is 12.4 Å². The van der Waals surface area contributed by atoms with Crippen LogP contribution in [0.15, 0.2) is 72.8 Å². The molecule has 0 bridgehead atoms. The Bertz CT molecular complexity index is 1120. The molecule has 2 N–H and O–H groups in total. The van der Waals surface area contributed by atoms with Gasteiger partial charge in [-0.1, -0.05) is 42.5 Å². The van der Waals surface area contributed by atoms with Crippen LogP contribution in [0.4, 0.5) is 5.69 Å². The second-order valence-electron chi connectivity index (χ2n) is 7.34. The highest BCUT2D eigenvalue weighted by atomic mass is 16.5. The van der Waals surface area contributed by atoms with E-state index in [4.69, 9.17) is 4.74 Å². The molecule has 0 radical (unpaired) electrons. The minimum Gasteiger partial charge on any atom is -0.506 e. The molecule has 0 aliphatic carbocycles. The van der Waals surface area contributed by atoms with Gasteiger partial charge in [0.15, 0.2) is 0 Å². The third-order valence-electron chi connectivity index (χ3n) is 4.56. The molecule has 164 valence electrons. The zero-order valence-corrected chi connectivity index (χ0v) is 18.2. The average molecular weight is 431 g/mol. The summed E-state index contributed by atoms with van der Waals surface area (Å²) in [7, 11) is 1.26. The summed E-state index contributed by atoms with van der Waals surface area (Å²) >= 11 is 0. The number of anilines is 1. The van der Waals surface area contributed by atoms with Crippen molar-refractivity contribution in [1.29, 1.82) is 0 Å². The molecule has 0 fully saturated rings. The van der Waals surface area contributed by atoms with Gasteiger partial charge >= 0.3 is 5.97 Å². The van der Waals surface area contributed by atoms with E-state index in [1.807, 2.05) is 68.4 Å². The van der Waals surface area contributed by atoms with Gasteiger partial charge in [-0.15, -0.1) is 0 Å². The number of esters is 1. The molecule has 3 aromatic carbocycles. The number of hydrogen-bond donors (Lipinski definition) is 2. The molecule has 3 rings (SSSR count). The zero-order valence-electron chi connectivity index (χ0n) is 18.2. The van der Waals surface area contributed by atoms with Crippen LogP contribution in [0.3, 0.4) is 0 Å². The lowest BCUT2D eigenvalue weighted by Gasteiger charge is -2.12. The summed E-state index contributed by atoms with van der Waals surface area (Å²) in [5.41, 5.74) is 2.33. The van der Waals surface area contributed by atoms with Crippen LogP contribution < -0.4 is 10.1 Å². The maximum Gasteiger partial charge on any atom is 0.337 e. The molecule has 1 amide bonds. The van der Waals surface area contributed by atoms with Crippen LogP contribution in [0.1, 0.15) is 35.3 Å². The van der Waals surface area contributed by atoms with Crippen molar-refractivity contribution in [3.05, 3.63) is 89.5 Å². The molecule has 0 saturated carbocycles. The smallest absolute Gasteiger partial charge is 0.337 e. The number of benzene rings is 3. The molecule has 0 aliphatic rings. The van der Waals surface area contributed by atoms with E-state index in [1.54, 1.807) is 6.08 Å². The van der Waals surface area contributed by atoms with Gasteiger partial charge in [-0.2, -0.15) is 0 Å². The van der Waals surface area contributed by atoms with Gasteiger partial charge in [0, 0.05) is 5.57 Å². The van der Waals surface area contributed by atoms with E-state index in [1.165, 1.54) is 25.3 Å². The molecule has 0 unspecified atom stereocenters. The number of methoxy groups -OCH3 is 1. The van der Waals surface area contributed by atoms with E-state index in [2.05, 4.69) is 10.1 Å². The first-order valence-corrected chi connectivity index (χ1v) is 10.1. The molecular formula is C26H25NO5. The van der Waals surface area contributed by atoms with E-state index < -0.39 is 11.9 Å². The first-order chi connectivity index (χ1) is 15.4. The first kappa shape index (κ1) is 22.6. The van der Waals surface area contributed by atoms with Gasteiger partial charge < -0.3 is 19.9 Å². The van der Waals surface area contributed by atoms with Gasteiger partial charge in [-0.3, -0.25) is 4.79 Å². The minimum absolute atomic E-state index is 0.0697. The number of carbonyl (C=O) groups excluding carboxylic acids is 2. The third kappa shape index (κ3) is 5.76. The van der Waals surface area contributed by atoms with Crippen molar-refractivity contribution < 1.29 is 24.2 Å². The fraction of sp³-hybridized carbons (Fsp3) is 0.154. The zero-order chi connectivity index (χ0) is 23.1. The Labute approximate surface area is 187 Å². The summed E-state index contributed by atoms with van der Waals surface area (Å²) in [6.45, 7) is 3.91. The fourth-order valence-corrected chi connectivity index (χ4v) is 3.05. The lowest BCUT2D eigenvalue weighted by molar-refractivity contribution is -0.111. The summed E-state index contributed by atoms with van der Waals surface area (Å²) in [4.78, 5) is 24.8. The summed E-state index contributed by atoms with van der Waals surface area (Å²) in [6, 6.07) is 20.9. The average Bonchev–Trinajstić information content (AvgIpc) is 2.79. The Hall–Kier alpha value is -4.06. The molecule has 32 heavy (non-hydrogen) atoms. The van der Waals surface area contributed by atoms with Crippen LogP contribution in [-0.2, 0) is 9.53 Å². The van der Waals surface area contributed by atoms with E-state index in [0.717, 1.165) is 16.9 Å². The second kappa shape index (κ2) is 10.3. The maximum absolute atomic E-state index is 13.2. The second-order valence-corrected chi connectivity index (χ2v) is 7.34. The van der Waals surface area contributed by atoms with Crippen LogP contribution in [-0.4, -0.2) is 30.2 Å². The quantitative estimate of drug-likeness (QED) is 0.234. The Morgan fingerprint density at radius 3 is 2.22 bits per heavy atom. The van der Waals surface area contributed by atoms with Gasteiger partial charge in [0.2, 0.25) is 0 Å². The molecular weight excluding hydrogens is 406 g/mol. The standard InChI is InChI=1S/C26H25NO5/c1-17(2)32-21-12-9-18(10-13-21)15-22(19-7-5-4-6-8-19)25(29)27-23-14-11-20(16-24(23)28)26(30)31-3/h4-17,28H,1-3H3,(H,27,29)/b22-15+. The number of nitrogens with one attached hydrogen (secondary N) is 1. The fourth-order valence-electron chi connectivity index (χ4n) is 3.05. The van der Waals surface area contributed by atoms with Crippen LogP contribution >= 0.6 is 0 Å². The van der Waals surface area contributed by atoms with Crippen molar-refractivity contribution in [3.63, 3.8) is 0 Å². The Kier molecular flexibility index (Phi) is 7.29. The van der Waals surface area contributed by atoms with E-state index in [-0.39, 0.29) is 23.1 Å². The van der Waals surface area contributed by atoms with Crippen molar-refractivity contribution in [3.8, 4) is 11.5 Å². The molecule has 6 heteroatoms. The number of aromatic hydroxyl groups is 1. The molecule has 6 nitrogen and oxygen atoms in total. The van der Waals surface area contributed by atoms with Crippen molar-refractivity contribution in [1.82, 2.24) is 0 Å². The summed E-state index contributed by atoms with van der Waals surface area (Å²) < 4.78 is 10.3. The van der Waals surface area contributed by atoms with E-state index in [9.17, 15) is 14.7 Å². The number of ether oxygens (including phenoxy) is 2. The van der Waals surface area contributed by atoms with Crippen molar-refractivity contribution in [2.45, 2.75) is 20.0 Å². The SMILES string of the molecule is COC(=O)c1ccc(NC(=O)/C(=C/c2ccc(OC(C)C)cc2)c2ccccc2)c(O)c1. The van der Waals surface area contributed by atoms with E-state index in [0.29, 0.717) is 5.57 Å². The number of phenols is 1. The normalized spacial score (nSPS) is 11.2. The topological polar surface area (TPSA) is 84.9 Å². The Balaban J connectivity index is 1.90. The molecule has 0 spiro atoms. The third-order valence-corrected chi connectivity index (χ3v) is 4.56. The van der Waals surface area contributed by atoms with Gasteiger partial charge in [0.1, 0.15) is 11.5 Å². The summed E-state index contributed by atoms with van der Waals surface area (Å²) in [6.07, 6.45) is 1.84. The monoisotopic (exact) mass is 431 g/mol. The van der Waals surface area contributed by atoms with Gasteiger partial charge in [-0.05, 0) is 61.4 Å². The highest BCUT2D eigenvalue weighted by molar-refractivity contribution is 6.29. The van der Waals surface area contributed by atoms with Crippen LogP contribution in [0.25, 0.3) is 11.6 Å². The highest BCUT2D eigenvalue weighted by Crippen LogP contribution is 2.27. The lowest BCUT2D eigenvalue weighted by Crippen LogP contribution is -2.14.